The molecule has 2 amide bonds. The first-order valence-corrected chi connectivity index (χ1v) is 11.9. The second kappa shape index (κ2) is 10.7. The quantitative estimate of drug-likeness (QED) is 0.181. The molecule has 202 valence electrons. The lowest BCUT2D eigenvalue weighted by molar-refractivity contribution is -0.133. The molecule has 1 aliphatic heterocycles. The molecule has 1 heterocycles. The summed E-state index contributed by atoms with van der Waals surface area (Å²) in [6.45, 7) is 2.85. The SMILES string of the molecule is C=CCC1(C(=O)Nc2cccc(C(C)(F)F)c2)C(=O)N(c2ccc(OC(F)F)c(-c3ccccc3)c2)N=C1C. The van der Waals surface area contributed by atoms with Gasteiger partial charge in [0.1, 0.15) is 5.75 Å². The van der Waals surface area contributed by atoms with Gasteiger partial charge in [-0.3, -0.25) is 9.59 Å². The first-order chi connectivity index (χ1) is 18.5. The van der Waals surface area contributed by atoms with Crippen molar-refractivity contribution < 1.29 is 31.9 Å². The molecule has 10 heteroatoms. The van der Waals surface area contributed by atoms with Crippen molar-refractivity contribution in [2.24, 2.45) is 10.5 Å². The molecule has 0 saturated heterocycles. The molecule has 4 rings (SSSR count). The van der Waals surface area contributed by atoms with Crippen molar-refractivity contribution in [3.63, 3.8) is 0 Å². The van der Waals surface area contributed by atoms with Gasteiger partial charge in [-0.05, 0) is 49.2 Å². The molecule has 1 aliphatic rings. The number of carbonyl (C=O) groups excluding carboxylic acids is 2. The second-order valence-corrected chi connectivity index (χ2v) is 9.05. The number of hydrazone groups is 1. The Kier molecular flexibility index (Phi) is 7.58. The van der Waals surface area contributed by atoms with Crippen LogP contribution in [0.15, 0.2) is 90.6 Å². The number of halogens is 4. The van der Waals surface area contributed by atoms with E-state index in [-0.39, 0.29) is 40.4 Å². The van der Waals surface area contributed by atoms with E-state index in [4.69, 9.17) is 0 Å². The molecule has 0 aliphatic carbocycles. The zero-order valence-corrected chi connectivity index (χ0v) is 21.1. The summed E-state index contributed by atoms with van der Waals surface area (Å²) in [5, 5.41) is 7.93. The van der Waals surface area contributed by atoms with Gasteiger partial charge in [0.15, 0.2) is 5.41 Å². The van der Waals surface area contributed by atoms with Crippen LogP contribution in [0.5, 0.6) is 5.75 Å². The highest BCUT2D eigenvalue weighted by atomic mass is 19.3. The molecule has 0 fully saturated rings. The molecule has 0 spiro atoms. The number of allylic oxidation sites excluding steroid dienone is 1. The normalized spacial score (nSPS) is 17.3. The average molecular weight is 540 g/mol. The largest absolute Gasteiger partial charge is 0.434 e. The predicted molar refractivity (Wildman–Crippen MR) is 141 cm³/mol. The Morgan fingerprint density at radius 1 is 1.13 bits per heavy atom. The Balaban J connectivity index is 1.71. The molecule has 1 N–H and O–H groups in total. The Morgan fingerprint density at radius 3 is 2.49 bits per heavy atom. The monoisotopic (exact) mass is 539 g/mol. The van der Waals surface area contributed by atoms with Gasteiger partial charge >= 0.3 is 6.61 Å². The van der Waals surface area contributed by atoms with Crippen LogP contribution in [0.1, 0.15) is 25.8 Å². The fraction of sp³-hybridized carbons (Fsp3) is 0.207. The van der Waals surface area contributed by atoms with E-state index in [0.29, 0.717) is 5.56 Å². The van der Waals surface area contributed by atoms with Crippen molar-refractivity contribution in [1.29, 1.82) is 0 Å². The number of nitrogens with zero attached hydrogens (tertiary/aromatic N) is 2. The number of carbonyl (C=O) groups is 2. The summed E-state index contributed by atoms with van der Waals surface area (Å²) in [6.07, 6.45) is 1.27. The summed E-state index contributed by atoms with van der Waals surface area (Å²) in [5.74, 6) is -4.72. The van der Waals surface area contributed by atoms with E-state index in [1.54, 1.807) is 30.3 Å². The number of alkyl halides is 4. The predicted octanol–water partition coefficient (Wildman–Crippen LogP) is 6.99. The maximum atomic E-state index is 13.8. The van der Waals surface area contributed by atoms with E-state index in [1.165, 1.54) is 49.4 Å². The van der Waals surface area contributed by atoms with Crippen LogP contribution in [-0.4, -0.2) is 24.1 Å². The molecule has 0 aromatic heterocycles. The van der Waals surface area contributed by atoms with E-state index in [9.17, 15) is 27.2 Å². The van der Waals surface area contributed by atoms with Gasteiger partial charge in [-0.25, -0.2) is 8.78 Å². The average Bonchev–Trinajstić information content (AvgIpc) is 3.15. The minimum atomic E-state index is -3.13. The number of hydrogen-bond acceptors (Lipinski definition) is 4. The standard InChI is InChI=1S/C29H25F4N3O3/c1-4-15-29(25(37)34-21-12-8-11-20(16-21)28(3,32)33)18(2)35-36(26(29)38)22-13-14-24(39-27(30)31)23(17-22)19-9-6-5-7-10-19/h4-14,16-17,27H,1,15H2,2-3H3,(H,34,37). The van der Waals surface area contributed by atoms with E-state index in [1.807, 2.05) is 0 Å². The lowest BCUT2D eigenvalue weighted by Crippen LogP contribution is -2.48. The summed E-state index contributed by atoms with van der Waals surface area (Å²) >= 11 is 0. The molecule has 1 unspecified atom stereocenters. The number of rotatable bonds is 9. The first kappa shape index (κ1) is 27.6. The molecule has 0 saturated carbocycles. The van der Waals surface area contributed by atoms with Gasteiger partial charge in [0.05, 0.1) is 11.4 Å². The summed E-state index contributed by atoms with van der Waals surface area (Å²) in [7, 11) is 0. The highest BCUT2D eigenvalue weighted by molar-refractivity contribution is 6.33. The van der Waals surface area contributed by atoms with Gasteiger partial charge in [-0.1, -0.05) is 48.5 Å². The Morgan fingerprint density at radius 2 is 1.85 bits per heavy atom. The zero-order valence-electron chi connectivity index (χ0n) is 21.1. The smallest absolute Gasteiger partial charge is 0.387 e. The van der Waals surface area contributed by atoms with Gasteiger partial charge < -0.3 is 10.1 Å². The lowest BCUT2D eigenvalue weighted by atomic mass is 9.78. The van der Waals surface area contributed by atoms with Crippen molar-refractivity contribution in [1.82, 2.24) is 0 Å². The lowest BCUT2D eigenvalue weighted by Gasteiger charge is -2.26. The number of ether oxygens (including phenoxy) is 1. The molecule has 6 nitrogen and oxygen atoms in total. The van der Waals surface area contributed by atoms with E-state index < -0.39 is 29.8 Å². The van der Waals surface area contributed by atoms with Crippen molar-refractivity contribution in [2.45, 2.75) is 32.8 Å². The number of nitrogens with one attached hydrogen (secondary N) is 1. The maximum absolute atomic E-state index is 13.8. The summed E-state index contributed by atoms with van der Waals surface area (Å²) in [5.41, 5.74) is -0.814. The number of amides is 2. The van der Waals surface area contributed by atoms with Gasteiger partial charge in [-0.2, -0.15) is 18.9 Å². The first-order valence-electron chi connectivity index (χ1n) is 11.9. The van der Waals surface area contributed by atoms with Crippen LogP contribution in [0.25, 0.3) is 11.1 Å². The topological polar surface area (TPSA) is 71.0 Å². The van der Waals surface area contributed by atoms with Crippen molar-refractivity contribution in [3.8, 4) is 16.9 Å². The molecule has 1 atom stereocenters. The van der Waals surface area contributed by atoms with E-state index in [0.717, 1.165) is 18.0 Å². The molecule has 3 aromatic rings. The van der Waals surface area contributed by atoms with Crippen LogP contribution in [-0.2, 0) is 15.5 Å². The third-order valence-corrected chi connectivity index (χ3v) is 6.40. The Labute approximate surface area is 222 Å². The van der Waals surface area contributed by atoms with Gasteiger partial charge in [0.2, 0.25) is 5.91 Å². The van der Waals surface area contributed by atoms with Crippen molar-refractivity contribution >= 4 is 28.9 Å². The van der Waals surface area contributed by atoms with Gasteiger partial charge in [-0.15, -0.1) is 6.58 Å². The van der Waals surface area contributed by atoms with Gasteiger partial charge in [0.25, 0.3) is 11.8 Å². The fourth-order valence-corrected chi connectivity index (χ4v) is 4.40. The Bertz CT molecular complexity index is 1440. The maximum Gasteiger partial charge on any atom is 0.387 e. The fourth-order valence-electron chi connectivity index (χ4n) is 4.40. The minimum absolute atomic E-state index is 0.0846. The van der Waals surface area contributed by atoms with Crippen LogP contribution in [0.2, 0.25) is 0 Å². The molecule has 3 aromatic carbocycles. The molecule has 39 heavy (non-hydrogen) atoms. The summed E-state index contributed by atoms with van der Waals surface area (Å²) < 4.78 is 58.5. The molecule has 0 bridgehead atoms. The minimum Gasteiger partial charge on any atom is -0.434 e. The number of anilines is 2. The Hall–Kier alpha value is -4.47. The highest BCUT2D eigenvalue weighted by Gasteiger charge is 2.54. The number of benzene rings is 3. The molecular formula is C29H25F4N3O3. The summed E-state index contributed by atoms with van der Waals surface area (Å²) in [6, 6.07) is 17.9. The van der Waals surface area contributed by atoms with Gasteiger partial charge in [0, 0.05) is 23.7 Å². The highest BCUT2D eigenvalue weighted by Crippen LogP contribution is 2.41. The molecule has 0 radical (unpaired) electrons. The molecular weight excluding hydrogens is 514 g/mol. The third-order valence-electron chi connectivity index (χ3n) is 6.40. The second-order valence-electron chi connectivity index (χ2n) is 9.05. The third kappa shape index (κ3) is 5.41. The van der Waals surface area contributed by atoms with E-state index in [2.05, 4.69) is 21.7 Å². The van der Waals surface area contributed by atoms with E-state index >= 15 is 0 Å². The van der Waals surface area contributed by atoms with Crippen molar-refractivity contribution in [2.75, 3.05) is 10.3 Å². The van der Waals surface area contributed by atoms with Crippen LogP contribution >= 0.6 is 0 Å². The zero-order chi connectivity index (χ0) is 28.4. The van der Waals surface area contributed by atoms with Crippen LogP contribution < -0.4 is 15.1 Å². The van der Waals surface area contributed by atoms with Crippen LogP contribution in [0, 0.1) is 5.41 Å². The van der Waals surface area contributed by atoms with Crippen LogP contribution in [0.4, 0.5) is 28.9 Å². The number of hydrogen-bond donors (Lipinski definition) is 1. The van der Waals surface area contributed by atoms with Crippen molar-refractivity contribution in [3.05, 3.63) is 91.0 Å². The summed E-state index contributed by atoms with van der Waals surface area (Å²) in [4.78, 5) is 27.4. The van der Waals surface area contributed by atoms with Crippen LogP contribution in [0.3, 0.4) is 0 Å².